The second-order valence-electron chi connectivity index (χ2n) is 4.11. The molecule has 1 amide bonds. The van der Waals surface area contributed by atoms with Crippen LogP contribution in [0.4, 0.5) is 0 Å². The third-order valence-electron chi connectivity index (χ3n) is 2.38. The fourth-order valence-corrected chi connectivity index (χ4v) is 2.29. The summed E-state index contributed by atoms with van der Waals surface area (Å²) in [6.45, 7) is 3.73. The van der Waals surface area contributed by atoms with Gasteiger partial charge in [-0.25, -0.2) is 0 Å². The minimum Gasteiger partial charge on any atom is -0.372 e. The maximum absolute atomic E-state index is 11.8. The topological polar surface area (TPSA) is 55.6 Å². The van der Waals surface area contributed by atoms with E-state index in [-0.39, 0.29) is 12.5 Å². The molecule has 1 aromatic heterocycles. The molecule has 1 heterocycles. The van der Waals surface area contributed by atoms with E-state index in [2.05, 4.69) is 11.8 Å². The SMILES string of the molecule is CCCOCC(=O)N(C)Cc1cc(C#CCN)cs1. The molecule has 0 aliphatic carbocycles. The second kappa shape index (κ2) is 8.70. The summed E-state index contributed by atoms with van der Waals surface area (Å²) in [7, 11) is 1.78. The monoisotopic (exact) mass is 280 g/mol. The van der Waals surface area contributed by atoms with Gasteiger partial charge < -0.3 is 15.4 Å². The van der Waals surface area contributed by atoms with Crippen molar-refractivity contribution in [2.75, 3.05) is 26.8 Å². The van der Waals surface area contributed by atoms with Crippen LogP contribution in [-0.2, 0) is 16.1 Å². The summed E-state index contributed by atoms with van der Waals surface area (Å²) >= 11 is 1.60. The van der Waals surface area contributed by atoms with Crippen LogP contribution in [0.5, 0.6) is 0 Å². The molecule has 1 rings (SSSR count). The Labute approximate surface area is 118 Å². The summed E-state index contributed by atoms with van der Waals surface area (Å²) in [5.41, 5.74) is 6.28. The van der Waals surface area contributed by atoms with Crippen molar-refractivity contribution in [1.82, 2.24) is 4.90 Å². The Bertz CT molecular complexity index is 460. The van der Waals surface area contributed by atoms with Crippen LogP contribution in [0.25, 0.3) is 0 Å². The fourth-order valence-electron chi connectivity index (χ4n) is 1.42. The smallest absolute Gasteiger partial charge is 0.248 e. The van der Waals surface area contributed by atoms with Crippen molar-refractivity contribution in [3.8, 4) is 11.8 Å². The van der Waals surface area contributed by atoms with Crippen molar-refractivity contribution in [3.63, 3.8) is 0 Å². The summed E-state index contributed by atoms with van der Waals surface area (Å²) in [6, 6.07) is 1.99. The molecule has 0 saturated carbocycles. The normalized spacial score (nSPS) is 9.84. The Morgan fingerprint density at radius 3 is 3.05 bits per heavy atom. The van der Waals surface area contributed by atoms with Crippen LogP contribution in [0.15, 0.2) is 11.4 Å². The molecular formula is C14H20N2O2S. The van der Waals surface area contributed by atoms with Gasteiger partial charge in [0.15, 0.2) is 0 Å². The van der Waals surface area contributed by atoms with Gasteiger partial charge in [-0.1, -0.05) is 18.8 Å². The molecule has 5 heteroatoms. The van der Waals surface area contributed by atoms with Gasteiger partial charge in [0.05, 0.1) is 13.1 Å². The first kappa shape index (κ1) is 15.7. The van der Waals surface area contributed by atoms with E-state index < -0.39 is 0 Å². The third-order valence-corrected chi connectivity index (χ3v) is 3.30. The number of likely N-dealkylation sites (N-methyl/N-ethyl adjacent to an activating group) is 1. The second-order valence-corrected chi connectivity index (χ2v) is 5.11. The van der Waals surface area contributed by atoms with Crippen molar-refractivity contribution >= 4 is 17.2 Å². The predicted octanol–water partition coefficient (Wildman–Crippen LogP) is 1.44. The minimum atomic E-state index is -0.00329. The maximum Gasteiger partial charge on any atom is 0.248 e. The number of hydrogen-bond acceptors (Lipinski definition) is 4. The van der Waals surface area contributed by atoms with E-state index in [4.69, 9.17) is 10.5 Å². The van der Waals surface area contributed by atoms with Gasteiger partial charge in [0.2, 0.25) is 5.91 Å². The van der Waals surface area contributed by atoms with Gasteiger partial charge in [0, 0.05) is 29.5 Å². The molecule has 0 fully saturated rings. The number of carbonyl (C=O) groups excluding carboxylic acids is 1. The minimum absolute atomic E-state index is 0.00329. The average Bonchev–Trinajstić information content (AvgIpc) is 2.84. The van der Waals surface area contributed by atoms with Gasteiger partial charge in [-0.3, -0.25) is 4.79 Å². The number of amides is 1. The van der Waals surface area contributed by atoms with Gasteiger partial charge in [0.25, 0.3) is 0 Å². The first-order chi connectivity index (χ1) is 9.17. The highest BCUT2D eigenvalue weighted by Gasteiger charge is 2.10. The van der Waals surface area contributed by atoms with E-state index in [0.29, 0.717) is 19.7 Å². The van der Waals surface area contributed by atoms with Gasteiger partial charge in [-0.05, 0) is 12.5 Å². The highest BCUT2D eigenvalue weighted by atomic mass is 32.1. The molecule has 1 aromatic rings. The summed E-state index contributed by atoms with van der Waals surface area (Å²) in [4.78, 5) is 14.5. The zero-order valence-electron chi connectivity index (χ0n) is 11.4. The molecule has 0 aromatic carbocycles. The number of thiophene rings is 1. The Balaban J connectivity index is 2.45. The number of carbonyl (C=O) groups is 1. The molecule has 0 spiro atoms. The third kappa shape index (κ3) is 5.88. The number of hydrogen-bond donors (Lipinski definition) is 1. The first-order valence-corrected chi connectivity index (χ1v) is 7.13. The predicted molar refractivity (Wildman–Crippen MR) is 77.8 cm³/mol. The number of rotatable bonds is 6. The number of ether oxygens (including phenoxy) is 1. The van der Waals surface area contributed by atoms with Crippen LogP contribution in [0.1, 0.15) is 23.8 Å². The van der Waals surface area contributed by atoms with Gasteiger partial charge in [-0.15, -0.1) is 11.3 Å². The lowest BCUT2D eigenvalue weighted by Gasteiger charge is -2.15. The van der Waals surface area contributed by atoms with Crippen molar-refractivity contribution in [1.29, 1.82) is 0 Å². The molecule has 19 heavy (non-hydrogen) atoms. The van der Waals surface area contributed by atoms with Crippen molar-refractivity contribution < 1.29 is 9.53 Å². The summed E-state index contributed by atoms with van der Waals surface area (Å²) in [5.74, 6) is 5.79. The lowest BCUT2D eigenvalue weighted by atomic mass is 10.3. The zero-order valence-corrected chi connectivity index (χ0v) is 12.3. The fraction of sp³-hybridized carbons (Fsp3) is 0.500. The Morgan fingerprint density at radius 1 is 1.58 bits per heavy atom. The van der Waals surface area contributed by atoms with Crippen molar-refractivity contribution in [2.45, 2.75) is 19.9 Å². The van der Waals surface area contributed by atoms with Gasteiger partial charge in [-0.2, -0.15) is 0 Å². The zero-order chi connectivity index (χ0) is 14.1. The molecule has 0 bridgehead atoms. The molecule has 0 saturated heterocycles. The molecule has 0 aliphatic heterocycles. The Hall–Kier alpha value is -1.35. The van der Waals surface area contributed by atoms with Gasteiger partial charge >= 0.3 is 0 Å². The molecule has 0 unspecified atom stereocenters. The molecule has 0 atom stereocenters. The molecule has 2 N–H and O–H groups in total. The van der Waals surface area contributed by atoms with E-state index >= 15 is 0 Å². The molecule has 0 aliphatic rings. The van der Waals surface area contributed by atoms with E-state index in [9.17, 15) is 4.79 Å². The van der Waals surface area contributed by atoms with Crippen LogP contribution in [-0.4, -0.2) is 37.6 Å². The molecular weight excluding hydrogens is 260 g/mol. The van der Waals surface area contributed by atoms with Crippen LogP contribution in [0, 0.1) is 11.8 Å². The van der Waals surface area contributed by atoms with E-state index in [0.717, 1.165) is 16.9 Å². The molecule has 104 valence electrons. The summed E-state index contributed by atoms with van der Waals surface area (Å²) in [5, 5.41) is 1.98. The van der Waals surface area contributed by atoms with Crippen LogP contribution in [0.3, 0.4) is 0 Å². The van der Waals surface area contributed by atoms with E-state index in [1.165, 1.54) is 0 Å². The molecule has 4 nitrogen and oxygen atoms in total. The van der Waals surface area contributed by atoms with Gasteiger partial charge in [0.1, 0.15) is 6.61 Å². The van der Waals surface area contributed by atoms with Crippen LogP contribution in [0.2, 0.25) is 0 Å². The standard InChI is InChI=1S/C14H20N2O2S/c1-3-7-18-10-14(17)16(2)9-13-8-12(11-19-13)5-4-6-15/h8,11H,3,6-7,9-10,15H2,1-2H3. The summed E-state index contributed by atoms with van der Waals surface area (Å²) in [6.07, 6.45) is 0.922. The Morgan fingerprint density at radius 2 is 2.37 bits per heavy atom. The van der Waals surface area contributed by atoms with E-state index in [1.807, 2.05) is 18.4 Å². The van der Waals surface area contributed by atoms with Crippen molar-refractivity contribution in [3.05, 3.63) is 21.9 Å². The average molecular weight is 280 g/mol. The summed E-state index contributed by atoms with van der Waals surface area (Å²) < 4.78 is 5.24. The van der Waals surface area contributed by atoms with E-state index in [1.54, 1.807) is 23.3 Å². The lowest BCUT2D eigenvalue weighted by molar-refractivity contribution is -0.135. The van der Waals surface area contributed by atoms with Crippen LogP contribution < -0.4 is 5.73 Å². The quantitative estimate of drug-likeness (QED) is 0.634. The largest absolute Gasteiger partial charge is 0.372 e. The molecule has 0 radical (unpaired) electrons. The number of nitrogens with two attached hydrogens (primary N) is 1. The highest BCUT2D eigenvalue weighted by molar-refractivity contribution is 7.10. The Kier molecular flexibility index (Phi) is 7.19. The number of nitrogens with zero attached hydrogens (tertiary/aromatic N) is 1. The highest BCUT2D eigenvalue weighted by Crippen LogP contribution is 2.15. The van der Waals surface area contributed by atoms with Crippen LogP contribution >= 0.6 is 11.3 Å². The lowest BCUT2D eigenvalue weighted by Crippen LogP contribution is -2.29. The first-order valence-electron chi connectivity index (χ1n) is 6.25. The maximum atomic E-state index is 11.8. The van der Waals surface area contributed by atoms with Crippen molar-refractivity contribution in [2.24, 2.45) is 5.73 Å².